The summed E-state index contributed by atoms with van der Waals surface area (Å²) < 4.78 is 0. The molecule has 0 aliphatic rings. The Labute approximate surface area is 153 Å². The lowest BCUT2D eigenvalue weighted by Gasteiger charge is -1.97. The Morgan fingerprint density at radius 2 is 2.00 bits per heavy atom. The highest BCUT2D eigenvalue weighted by Gasteiger charge is 2.13. The van der Waals surface area contributed by atoms with E-state index in [0.717, 1.165) is 10.4 Å². The first-order chi connectivity index (χ1) is 12.1. The molecule has 0 bridgehead atoms. The summed E-state index contributed by atoms with van der Waals surface area (Å²) in [6.45, 7) is 1.92. The van der Waals surface area contributed by atoms with Crippen molar-refractivity contribution in [1.29, 1.82) is 0 Å². The lowest BCUT2D eigenvalue weighted by atomic mass is 10.2. The summed E-state index contributed by atoms with van der Waals surface area (Å²) in [6.07, 6.45) is 0. The van der Waals surface area contributed by atoms with Gasteiger partial charge in [-0.3, -0.25) is 14.7 Å². The Morgan fingerprint density at radius 3 is 2.76 bits per heavy atom. The van der Waals surface area contributed by atoms with Crippen molar-refractivity contribution in [2.45, 2.75) is 18.6 Å². The normalized spacial score (nSPS) is 10.6. The van der Waals surface area contributed by atoms with Crippen molar-refractivity contribution in [3.8, 4) is 11.4 Å². The van der Waals surface area contributed by atoms with Crippen LogP contribution in [0.3, 0.4) is 0 Å². The molecular weight excluding hydrogens is 356 g/mol. The molecule has 3 aromatic rings. The molecule has 0 saturated heterocycles. The van der Waals surface area contributed by atoms with Gasteiger partial charge in [0.15, 0.2) is 11.6 Å². The summed E-state index contributed by atoms with van der Waals surface area (Å²) in [7, 11) is 0. The van der Waals surface area contributed by atoms with Gasteiger partial charge in [0, 0.05) is 17.4 Å². The van der Waals surface area contributed by atoms with E-state index >= 15 is 0 Å². The fourth-order valence-electron chi connectivity index (χ4n) is 2.07. The number of Topliss-reactive ketones (excluding diaryl/α,β-unsaturated/α-hetero) is 1. The molecule has 128 valence electrons. The number of H-pyrrole nitrogens is 1. The van der Waals surface area contributed by atoms with Crippen molar-refractivity contribution in [3.63, 3.8) is 0 Å². The number of carbonyl (C=O) groups is 2. The van der Waals surface area contributed by atoms with Crippen molar-refractivity contribution in [2.75, 3.05) is 5.75 Å². The first-order valence-electron chi connectivity index (χ1n) is 7.59. The molecule has 0 aliphatic heterocycles. The van der Waals surface area contributed by atoms with E-state index in [-0.39, 0.29) is 17.4 Å². The van der Waals surface area contributed by atoms with Crippen LogP contribution < -0.4 is 5.32 Å². The molecular formula is C17H16N4O2S2. The van der Waals surface area contributed by atoms with Crippen molar-refractivity contribution in [1.82, 2.24) is 20.5 Å². The molecule has 2 heterocycles. The number of thiophene rings is 1. The largest absolute Gasteiger partial charge is 0.351 e. The van der Waals surface area contributed by atoms with Gasteiger partial charge in [0.1, 0.15) is 0 Å². The van der Waals surface area contributed by atoms with E-state index in [0.29, 0.717) is 22.4 Å². The van der Waals surface area contributed by atoms with Gasteiger partial charge in [0.2, 0.25) is 11.1 Å². The van der Waals surface area contributed by atoms with Gasteiger partial charge < -0.3 is 5.32 Å². The van der Waals surface area contributed by atoms with Crippen LogP contribution in [0.25, 0.3) is 11.4 Å². The molecule has 6 nitrogen and oxygen atoms in total. The average Bonchev–Trinajstić information content (AvgIpc) is 3.28. The zero-order chi connectivity index (χ0) is 17.6. The van der Waals surface area contributed by atoms with Crippen LogP contribution in [0, 0.1) is 0 Å². The molecule has 0 unspecified atom stereocenters. The third-order valence-corrected chi connectivity index (χ3v) is 5.27. The Hall–Kier alpha value is -2.45. The maximum atomic E-state index is 12.3. The third-order valence-electron chi connectivity index (χ3n) is 3.29. The second-order valence-electron chi connectivity index (χ2n) is 5.22. The number of benzene rings is 1. The molecule has 0 saturated carbocycles. The lowest BCUT2D eigenvalue weighted by molar-refractivity contribution is -0.119. The van der Waals surface area contributed by atoms with Crippen molar-refractivity contribution in [2.24, 2.45) is 0 Å². The smallest absolute Gasteiger partial charge is 0.217 e. The Bertz CT molecular complexity index is 874. The summed E-state index contributed by atoms with van der Waals surface area (Å²) in [5, 5.41) is 10.3. The minimum atomic E-state index is -0.0874. The van der Waals surface area contributed by atoms with Crippen molar-refractivity contribution in [3.05, 3.63) is 52.2 Å². The molecule has 0 radical (unpaired) electrons. The van der Waals surface area contributed by atoms with Crippen LogP contribution in [0.5, 0.6) is 0 Å². The predicted molar refractivity (Wildman–Crippen MR) is 98.7 cm³/mol. The minimum Gasteiger partial charge on any atom is -0.351 e. The zero-order valence-electron chi connectivity index (χ0n) is 13.5. The number of hydrogen-bond donors (Lipinski definition) is 2. The summed E-state index contributed by atoms with van der Waals surface area (Å²) in [6, 6.07) is 13.4. The fourth-order valence-corrected chi connectivity index (χ4v) is 3.73. The van der Waals surface area contributed by atoms with Gasteiger partial charge in [0.25, 0.3) is 0 Å². The summed E-state index contributed by atoms with van der Waals surface area (Å²) in [5.74, 6) is 0.890. The van der Waals surface area contributed by atoms with Crippen molar-refractivity contribution < 1.29 is 9.59 Å². The molecule has 25 heavy (non-hydrogen) atoms. The molecule has 8 heteroatoms. The van der Waals surface area contributed by atoms with Gasteiger partial charge in [-0.15, -0.1) is 16.4 Å². The SMILES string of the molecule is CC(=O)NCc1ccc(C(=O)CSc2n[nH]c(-c3ccccc3)n2)s1. The maximum absolute atomic E-state index is 12.3. The number of nitrogens with one attached hydrogen (secondary N) is 2. The average molecular weight is 372 g/mol. The number of aromatic nitrogens is 3. The number of nitrogens with zero attached hydrogens (tertiary/aromatic N) is 2. The quantitative estimate of drug-likeness (QED) is 0.491. The standard InChI is InChI=1S/C17H16N4O2S2/c1-11(22)18-9-13-7-8-15(25-13)14(23)10-24-17-19-16(20-21-17)12-5-3-2-4-6-12/h2-8H,9-10H2,1H3,(H,18,22)(H,19,20,21). The number of carbonyl (C=O) groups excluding carboxylic acids is 2. The van der Waals surface area contributed by atoms with Gasteiger partial charge in [-0.05, 0) is 12.1 Å². The Balaban J connectivity index is 1.56. The molecule has 0 fully saturated rings. The molecule has 2 aromatic heterocycles. The molecule has 0 spiro atoms. The Kier molecular flexibility index (Phi) is 5.62. The number of ketones is 1. The van der Waals surface area contributed by atoms with Crippen molar-refractivity contribution >= 4 is 34.8 Å². The highest BCUT2D eigenvalue weighted by molar-refractivity contribution is 7.99. The van der Waals surface area contributed by atoms with Gasteiger partial charge in [-0.2, -0.15) is 0 Å². The van der Waals surface area contributed by atoms with E-state index in [2.05, 4.69) is 20.5 Å². The predicted octanol–water partition coefficient (Wildman–Crippen LogP) is 3.14. The topological polar surface area (TPSA) is 87.7 Å². The maximum Gasteiger partial charge on any atom is 0.217 e. The van der Waals surface area contributed by atoms with E-state index in [1.165, 1.54) is 30.0 Å². The van der Waals surface area contributed by atoms with Gasteiger partial charge >= 0.3 is 0 Å². The lowest BCUT2D eigenvalue weighted by Crippen LogP contribution is -2.18. The summed E-state index contributed by atoms with van der Waals surface area (Å²) >= 11 is 2.69. The molecule has 0 aliphatic carbocycles. The molecule has 1 aromatic carbocycles. The van der Waals surface area contributed by atoms with E-state index in [9.17, 15) is 9.59 Å². The second kappa shape index (κ2) is 8.09. The van der Waals surface area contributed by atoms with Crippen LogP contribution in [-0.2, 0) is 11.3 Å². The van der Waals surface area contributed by atoms with Gasteiger partial charge in [-0.25, -0.2) is 4.98 Å². The van der Waals surface area contributed by atoms with Gasteiger partial charge in [0.05, 0.1) is 17.2 Å². The fraction of sp³-hybridized carbons (Fsp3) is 0.176. The van der Waals surface area contributed by atoms with Gasteiger partial charge in [-0.1, -0.05) is 42.1 Å². The van der Waals surface area contributed by atoms with E-state index < -0.39 is 0 Å². The van der Waals surface area contributed by atoms with E-state index in [1.807, 2.05) is 36.4 Å². The molecule has 1 amide bonds. The van der Waals surface area contributed by atoms with Crippen LogP contribution in [-0.4, -0.2) is 32.6 Å². The third kappa shape index (κ3) is 4.77. The van der Waals surface area contributed by atoms with E-state index in [4.69, 9.17) is 0 Å². The number of hydrogen-bond acceptors (Lipinski definition) is 6. The number of thioether (sulfide) groups is 1. The molecule has 0 atom stereocenters. The first-order valence-corrected chi connectivity index (χ1v) is 9.39. The number of aromatic amines is 1. The highest BCUT2D eigenvalue weighted by Crippen LogP contribution is 2.22. The van der Waals surface area contributed by atoms with Crippen LogP contribution >= 0.6 is 23.1 Å². The number of rotatable bonds is 7. The van der Waals surface area contributed by atoms with Crippen LogP contribution in [0.15, 0.2) is 47.6 Å². The monoisotopic (exact) mass is 372 g/mol. The summed E-state index contributed by atoms with van der Waals surface area (Å²) in [5.41, 5.74) is 0.953. The minimum absolute atomic E-state index is 0.0233. The Morgan fingerprint density at radius 1 is 1.20 bits per heavy atom. The first kappa shape index (κ1) is 17.4. The van der Waals surface area contributed by atoms with Crippen LogP contribution in [0.4, 0.5) is 0 Å². The van der Waals surface area contributed by atoms with Crippen LogP contribution in [0.2, 0.25) is 0 Å². The zero-order valence-corrected chi connectivity index (χ0v) is 15.1. The summed E-state index contributed by atoms with van der Waals surface area (Å²) in [4.78, 5) is 29.2. The molecule has 2 N–H and O–H groups in total. The number of amides is 1. The van der Waals surface area contributed by atoms with Crippen LogP contribution in [0.1, 0.15) is 21.5 Å². The van der Waals surface area contributed by atoms with E-state index in [1.54, 1.807) is 6.07 Å². The molecule has 3 rings (SSSR count). The second-order valence-corrected chi connectivity index (χ2v) is 7.33. The highest BCUT2D eigenvalue weighted by atomic mass is 32.2.